The van der Waals surface area contributed by atoms with Crippen LogP contribution in [0.1, 0.15) is 53.5 Å². The number of nitrogens with zero attached hydrogens (tertiary/aromatic N) is 4. The van der Waals surface area contributed by atoms with Crippen LogP contribution < -0.4 is 20.1 Å². The molecule has 0 spiro atoms. The lowest BCUT2D eigenvalue weighted by Crippen LogP contribution is -2.51. The number of carbonyl (C=O) groups excluding carboxylic acids is 1. The van der Waals surface area contributed by atoms with E-state index in [9.17, 15) is 27.5 Å². The van der Waals surface area contributed by atoms with E-state index in [0.29, 0.717) is 30.3 Å². The third kappa shape index (κ3) is 6.37. The van der Waals surface area contributed by atoms with Crippen LogP contribution in [0.25, 0.3) is 0 Å². The number of rotatable bonds is 7. The zero-order valence-electron chi connectivity index (χ0n) is 25.2. The summed E-state index contributed by atoms with van der Waals surface area (Å²) in [4.78, 5) is 24.3. The van der Waals surface area contributed by atoms with Gasteiger partial charge in [0.05, 0.1) is 29.4 Å². The molecule has 2 aromatic carbocycles. The molecule has 2 aliphatic heterocycles. The number of aliphatic hydroxyl groups is 1. The summed E-state index contributed by atoms with van der Waals surface area (Å²) in [6.07, 6.45) is -6.24. The third-order valence-corrected chi connectivity index (χ3v) is 8.65. The Morgan fingerprint density at radius 3 is 2.60 bits per heavy atom. The average Bonchev–Trinajstić information content (AvgIpc) is 3.14. The number of aromatic nitrogens is 2. The van der Waals surface area contributed by atoms with Crippen molar-refractivity contribution in [2.75, 3.05) is 39.6 Å². The minimum Gasteiger partial charge on any atom is -0.495 e. The van der Waals surface area contributed by atoms with Crippen LogP contribution in [0.3, 0.4) is 0 Å². The molecule has 3 heterocycles. The molecular formula is C30H33ClF4N6O4. The number of fused-ring (bicyclic) bond motifs is 1. The minimum absolute atomic E-state index is 0.00342. The van der Waals surface area contributed by atoms with Gasteiger partial charge in [0.1, 0.15) is 29.5 Å². The van der Waals surface area contributed by atoms with E-state index in [2.05, 4.69) is 20.6 Å². The normalized spacial score (nSPS) is 21.7. The van der Waals surface area contributed by atoms with E-state index in [1.165, 1.54) is 25.3 Å². The van der Waals surface area contributed by atoms with Crippen LogP contribution >= 0.6 is 11.6 Å². The first-order valence-electron chi connectivity index (χ1n) is 14.1. The van der Waals surface area contributed by atoms with Crippen LogP contribution in [-0.2, 0) is 11.7 Å². The van der Waals surface area contributed by atoms with Crippen LogP contribution in [0.5, 0.6) is 17.4 Å². The van der Waals surface area contributed by atoms with Crippen molar-refractivity contribution in [2.24, 2.45) is 0 Å². The van der Waals surface area contributed by atoms with E-state index >= 15 is 0 Å². The number of aliphatic hydroxyl groups excluding tert-OH is 1. The molecule has 0 aliphatic carbocycles. The number of carbonyl (C=O) groups is 1. The third-order valence-electron chi connectivity index (χ3n) is 8.34. The van der Waals surface area contributed by atoms with Crippen molar-refractivity contribution in [1.29, 1.82) is 0 Å². The molecular weight excluding hydrogens is 620 g/mol. The van der Waals surface area contributed by atoms with Crippen molar-refractivity contribution in [3.63, 3.8) is 0 Å². The Hall–Kier alpha value is -3.72. The van der Waals surface area contributed by atoms with E-state index in [0.717, 1.165) is 0 Å². The summed E-state index contributed by atoms with van der Waals surface area (Å²) in [5.74, 6) is -1.58. The summed E-state index contributed by atoms with van der Waals surface area (Å²) >= 11 is 6.42. The van der Waals surface area contributed by atoms with Crippen molar-refractivity contribution in [2.45, 2.75) is 50.4 Å². The molecule has 3 N–H and O–H groups in total. The van der Waals surface area contributed by atoms with Crippen molar-refractivity contribution in [3.05, 3.63) is 63.8 Å². The maximum Gasteiger partial charge on any atom is 0.423 e. The fourth-order valence-electron chi connectivity index (χ4n) is 5.50. The Labute approximate surface area is 262 Å². The maximum absolute atomic E-state index is 14.5. The van der Waals surface area contributed by atoms with E-state index in [1.807, 2.05) is 18.7 Å². The first kappa shape index (κ1) is 32.7. The minimum atomic E-state index is -4.86. The zero-order valence-corrected chi connectivity index (χ0v) is 25.9. The second-order valence-corrected chi connectivity index (χ2v) is 12.0. The number of hydrogen-bond acceptors (Lipinski definition) is 9. The fourth-order valence-corrected chi connectivity index (χ4v) is 5.75. The number of alkyl halides is 4. The lowest BCUT2D eigenvalue weighted by molar-refractivity contribution is -0.139. The van der Waals surface area contributed by atoms with Gasteiger partial charge in [0.15, 0.2) is 0 Å². The maximum atomic E-state index is 14.5. The average molecular weight is 653 g/mol. The molecule has 3 atom stereocenters. The number of hydrogen-bond donors (Lipinski definition) is 3. The predicted octanol–water partition coefficient (Wildman–Crippen LogP) is 5.64. The molecule has 45 heavy (non-hydrogen) atoms. The number of benzene rings is 2. The number of nitrogens with one attached hydrogen (secondary N) is 2. The highest BCUT2D eigenvalue weighted by atomic mass is 35.5. The van der Waals surface area contributed by atoms with E-state index < -0.39 is 47.5 Å². The molecule has 1 unspecified atom stereocenters. The molecule has 0 radical (unpaired) electrons. The summed E-state index contributed by atoms with van der Waals surface area (Å²) in [6.45, 7) is 4.55. The van der Waals surface area contributed by atoms with E-state index in [-0.39, 0.29) is 40.3 Å². The number of halogens is 5. The van der Waals surface area contributed by atoms with Gasteiger partial charge in [-0.2, -0.15) is 18.2 Å². The van der Waals surface area contributed by atoms with Gasteiger partial charge < -0.3 is 30.1 Å². The van der Waals surface area contributed by atoms with Crippen molar-refractivity contribution in [3.8, 4) is 17.4 Å². The molecule has 242 valence electrons. The van der Waals surface area contributed by atoms with Gasteiger partial charge in [0.2, 0.25) is 11.8 Å². The van der Waals surface area contributed by atoms with Crippen LogP contribution in [0.15, 0.2) is 36.5 Å². The van der Waals surface area contributed by atoms with Crippen LogP contribution in [0, 0.1) is 0 Å². The van der Waals surface area contributed by atoms with Gasteiger partial charge in [-0.1, -0.05) is 23.7 Å². The summed E-state index contributed by atoms with van der Waals surface area (Å²) in [6, 6.07) is 6.82. The van der Waals surface area contributed by atoms with E-state index in [1.54, 1.807) is 31.1 Å². The number of ether oxygens (including phenoxy) is 2. The Morgan fingerprint density at radius 1 is 1.20 bits per heavy atom. The van der Waals surface area contributed by atoms with Crippen LogP contribution in [0.4, 0.5) is 29.2 Å². The zero-order chi connectivity index (χ0) is 32.8. The number of piperidine rings is 1. The first-order valence-corrected chi connectivity index (χ1v) is 14.4. The molecule has 1 saturated heterocycles. The molecule has 1 amide bonds. The SMILES string of the molecule is COc1cc(C(=O)N[C@H]2CCN(C)C[C@H]2F)c(Cl)cc1Nc1ncc(C(F)(F)F)c(Oc2cccc3c2C(O)N(C)C3(C)C)n1. The van der Waals surface area contributed by atoms with E-state index in [4.69, 9.17) is 21.1 Å². The highest BCUT2D eigenvalue weighted by molar-refractivity contribution is 6.34. The summed E-state index contributed by atoms with van der Waals surface area (Å²) in [5.41, 5.74) is -0.661. The lowest BCUT2D eigenvalue weighted by Gasteiger charge is -2.32. The Balaban J connectivity index is 1.44. The Morgan fingerprint density at radius 2 is 1.93 bits per heavy atom. The second-order valence-electron chi connectivity index (χ2n) is 11.6. The van der Waals surface area contributed by atoms with Gasteiger partial charge in [-0.3, -0.25) is 9.69 Å². The molecule has 10 nitrogen and oxygen atoms in total. The van der Waals surface area contributed by atoms with Crippen LogP contribution in [-0.4, -0.2) is 77.3 Å². The van der Waals surface area contributed by atoms with Gasteiger partial charge in [0.25, 0.3) is 5.91 Å². The molecule has 1 aromatic heterocycles. The molecule has 2 aliphatic rings. The van der Waals surface area contributed by atoms with Gasteiger partial charge in [-0.15, -0.1) is 0 Å². The Bertz CT molecular complexity index is 1610. The first-order chi connectivity index (χ1) is 21.1. The van der Waals surface area contributed by atoms with Crippen molar-refractivity contribution >= 4 is 29.1 Å². The number of amides is 1. The molecule has 5 rings (SSSR count). The molecule has 0 saturated carbocycles. The summed E-state index contributed by atoms with van der Waals surface area (Å²) in [5, 5.41) is 16.3. The lowest BCUT2D eigenvalue weighted by atomic mass is 9.93. The largest absolute Gasteiger partial charge is 0.495 e. The fraction of sp³-hybridized carbons (Fsp3) is 0.433. The number of methoxy groups -OCH3 is 1. The standard InChI is InChI=1S/C30H33ClF4N6O4/c1-29(2)16-7-6-8-22(24(16)27(43)41(29)4)45-26-17(30(33,34)35)13-36-28(39-26)38-21-12-18(31)15(11-23(21)44-5)25(42)37-20-9-10-40(3)14-19(20)32/h6-8,11-13,19-20,27,43H,9-10,14H2,1-5H3,(H,37,42)(H,36,38,39)/t19-,20+,27?/m1/s1. The van der Waals surface area contributed by atoms with Crippen molar-refractivity contribution in [1.82, 2.24) is 25.1 Å². The van der Waals surface area contributed by atoms with Gasteiger partial charge >= 0.3 is 6.18 Å². The van der Waals surface area contributed by atoms with Crippen molar-refractivity contribution < 1.29 is 36.9 Å². The topological polar surface area (TPSA) is 112 Å². The highest BCUT2D eigenvalue weighted by Crippen LogP contribution is 2.49. The van der Waals surface area contributed by atoms with Crippen LogP contribution in [0.2, 0.25) is 5.02 Å². The Kier molecular flexibility index (Phi) is 8.88. The summed E-state index contributed by atoms with van der Waals surface area (Å²) in [7, 11) is 4.82. The van der Waals surface area contributed by atoms with Gasteiger partial charge in [-0.05, 0) is 58.1 Å². The molecule has 3 aromatic rings. The molecule has 0 bridgehead atoms. The summed E-state index contributed by atoms with van der Waals surface area (Å²) < 4.78 is 67.7. The van der Waals surface area contributed by atoms with Gasteiger partial charge in [-0.25, -0.2) is 9.37 Å². The predicted molar refractivity (Wildman–Crippen MR) is 159 cm³/mol. The molecule has 15 heteroatoms. The number of likely N-dealkylation sites (tertiary alicyclic amines) is 1. The number of anilines is 2. The second kappa shape index (κ2) is 12.2. The highest BCUT2D eigenvalue weighted by Gasteiger charge is 2.44. The smallest absolute Gasteiger partial charge is 0.423 e. The molecule has 1 fully saturated rings. The van der Waals surface area contributed by atoms with Gasteiger partial charge in [0, 0.05) is 30.4 Å². The quantitative estimate of drug-likeness (QED) is 0.279. The monoisotopic (exact) mass is 652 g/mol.